The van der Waals surface area contributed by atoms with Gasteiger partial charge in [-0.1, -0.05) is 12.1 Å². The molecule has 9 heteroatoms. The van der Waals surface area contributed by atoms with Crippen LogP contribution in [0.15, 0.2) is 47.6 Å². The Hall–Kier alpha value is -3.10. The Bertz CT molecular complexity index is 760. The number of para-hydroxylation sites is 1. The lowest BCUT2D eigenvalue weighted by atomic mass is 10.1. The first-order valence-electron chi connectivity index (χ1n) is 6.22. The number of halogens is 3. The molecule has 0 aromatic heterocycles. The van der Waals surface area contributed by atoms with Crippen LogP contribution >= 0.6 is 0 Å². The Kier molecular flexibility index (Phi) is 4.49. The Morgan fingerprint density at radius 2 is 1.91 bits per heavy atom. The maximum Gasteiger partial charge on any atom is 0.418 e. The Morgan fingerprint density at radius 1 is 1.22 bits per heavy atom. The van der Waals surface area contributed by atoms with Crippen LogP contribution in [0, 0.1) is 10.1 Å². The van der Waals surface area contributed by atoms with Crippen LogP contribution in [0.25, 0.3) is 0 Å². The van der Waals surface area contributed by atoms with Gasteiger partial charge in [-0.25, -0.2) is 0 Å². The van der Waals surface area contributed by atoms with E-state index in [9.17, 15) is 28.4 Å². The summed E-state index contributed by atoms with van der Waals surface area (Å²) in [5.41, 5.74) is 0.163. The number of nitrogens with one attached hydrogen (secondary N) is 1. The molecule has 0 saturated carbocycles. The molecule has 0 aliphatic rings. The molecular weight excluding hydrogens is 315 g/mol. The first-order chi connectivity index (χ1) is 10.8. The third-order valence-corrected chi connectivity index (χ3v) is 2.84. The molecule has 2 rings (SSSR count). The first-order valence-corrected chi connectivity index (χ1v) is 6.22. The van der Waals surface area contributed by atoms with E-state index in [1.807, 2.05) is 0 Å². The molecule has 2 aromatic carbocycles. The molecule has 6 nitrogen and oxygen atoms in total. The van der Waals surface area contributed by atoms with Gasteiger partial charge < -0.3 is 5.11 Å². The van der Waals surface area contributed by atoms with Crippen LogP contribution in [0.1, 0.15) is 11.1 Å². The summed E-state index contributed by atoms with van der Waals surface area (Å²) in [6, 6.07) is 8.40. The number of hydrazone groups is 1. The lowest BCUT2D eigenvalue weighted by Gasteiger charge is -2.11. The average Bonchev–Trinajstić information content (AvgIpc) is 2.48. The second-order valence-corrected chi connectivity index (χ2v) is 4.41. The minimum atomic E-state index is -4.78. The summed E-state index contributed by atoms with van der Waals surface area (Å²) in [7, 11) is 0. The molecule has 0 fully saturated rings. The van der Waals surface area contributed by atoms with Gasteiger partial charge in [0.2, 0.25) is 0 Å². The predicted octanol–water partition coefficient (Wildman–Crippen LogP) is 3.77. The lowest BCUT2D eigenvalue weighted by molar-refractivity contribution is -0.385. The van der Waals surface area contributed by atoms with Crippen LogP contribution in [0.3, 0.4) is 0 Å². The minimum absolute atomic E-state index is 0.0854. The van der Waals surface area contributed by atoms with Crippen LogP contribution in [0.4, 0.5) is 24.5 Å². The Labute approximate surface area is 128 Å². The number of hydrogen-bond donors (Lipinski definition) is 2. The minimum Gasteiger partial charge on any atom is -0.507 e. The van der Waals surface area contributed by atoms with Gasteiger partial charge in [0.1, 0.15) is 5.75 Å². The fourth-order valence-electron chi connectivity index (χ4n) is 1.75. The molecule has 0 atom stereocenters. The van der Waals surface area contributed by atoms with Crippen molar-refractivity contribution in [1.82, 2.24) is 0 Å². The van der Waals surface area contributed by atoms with E-state index in [2.05, 4.69) is 10.5 Å². The number of nitro benzene ring substituents is 1. The molecule has 0 bridgehead atoms. The van der Waals surface area contributed by atoms with Crippen molar-refractivity contribution in [2.75, 3.05) is 5.43 Å². The highest BCUT2D eigenvalue weighted by atomic mass is 19.4. The first kappa shape index (κ1) is 16.3. The summed E-state index contributed by atoms with van der Waals surface area (Å²) in [5.74, 6) is -0.0854. The number of non-ortho nitro benzene ring substituents is 1. The highest BCUT2D eigenvalue weighted by Gasteiger charge is 2.35. The molecule has 0 unspecified atom stereocenters. The zero-order chi connectivity index (χ0) is 17.0. The van der Waals surface area contributed by atoms with Crippen molar-refractivity contribution in [3.05, 3.63) is 63.7 Å². The monoisotopic (exact) mass is 325 g/mol. The van der Waals surface area contributed by atoms with E-state index in [1.165, 1.54) is 12.1 Å². The predicted molar refractivity (Wildman–Crippen MR) is 77.4 cm³/mol. The van der Waals surface area contributed by atoms with Gasteiger partial charge in [0.15, 0.2) is 0 Å². The van der Waals surface area contributed by atoms with Crippen molar-refractivity contribution >= 4 is 17.6 Å². The molecule has 0 saturated heterocycles. The number of benzene rings is 2. The van der Waals surface area contributed by atoms with Crippen LogP contribution in [-0.2, 0) is 6.18 Å². The van der Waals surface area contributed by atoms with Gasteiger partial charge in [-0.2, -0.15) is 18.3 Å². The molecule has 0 aliphatic heterocycles. The van der Waals surface area contributed by atoms with Crippen molar-refractivity contribution in [2.45, 2.75) is 6.18 Å². The smallest absolute Gasteiger partial charge is 0.418 e. The van der Waals surface area contributed by atoms with Gasteiger partial charge >= 0.3 is 6.18 Å². The number of aromatic hydroxyl groups is 1. The second kappa shape index (κ2) is 6.34. The van der Waals surface area contributed by atoms with Gasteiger partial charge in [0, 0.05) is 17.7 Å². The van der Waals surface area contributed by atoms with Crippen LogP contribution in [0.2, 0.25) is 0 Å². The molecule has 0 radical (unpaired) electrons. The van der Waals surface area contributed by atoms with Crippen molar-refractivity contribution < 1.29 is 23.2 Å². The molecular formula is C14H10F3N3O3. The zero-order valence-corrected chi connectivity index (χ0v) is 11.4. The standard InChI is InChI=1S/C14H10F3N3O3/c15-14(16,17)11-7-10(20(22)23)5-6-12(11)19-18-8-9-3-1-2-4-13(9)21/h1-8,19,21H/b18-8-. The SMILES string of the molecule is O=[N+]([O-])c1ccc(N/N=C\c2ccccc2O)c(C(F)(F)F)c1. The third kappa shape index (κ3) is 3.96. The molecule has 2 aromatic rings. The topological polar surface area (TPSA) is 87.8 Å². The maximum absolute atomic E-state index is 13.0. The number of nitrogens with zero attached hydrogens (tertiary/aromatic N) is 2. The molecule has 0 aliphatic carbocycles. The summed E-state index contributed by atoms with van der Waals surface area (Å²) in [4.78, 5) is 9.68. The number of phenols is 1. The van der Waals surface area contributed by atoms with Gasteiger partial charge in [-0.15, -0.1) is 0 Å². The summed E-state index contributed by atoms with van der Waals surface area (Å²) >= 11 is 0. The largest absolute Gasteiger partial charge is 0.507 e. The van der Waals surface area contributed by atoms with Crippen LogP contribution < -0.4 is 5.43 Å². The molecule has 0 spiro atoms. The maximum atomic E-state index is 13.0. The van der Waals surface area contributed by atoms with Crippen molar-refractivity contribution in [3.8, 4) is 5.75 Å². The number of nitro groups is 1. The summed E-state index contributed by atoms with van der Waals surface area (Å²) in [5, 5.41) is 23.7. The Balaban J connectivity index is 2.29. The molecule has 0 heterocycles. The number of hydrogen-bond acceptors (Lipinski definition) is 5. The molecule has 120 valence electrons. The summed E-state index contributed by atoms with van der Waals surface area (Å²) in [6.07, 6.45) is -3.64. The van der Waals surface area contributed by atoms with Crippen molar-refractivity contribution in [1.29, 1.82) is 0 Å². The van der Waals surface area contributed by atoms with Gasteiger partial charge in [0.05, 0.1) is 22.4 Å². The fourth-order valence-corrected chi connectivity index (χ4v) is 1.75. The highest BCUT2D eigenvalue weighted by molar-refractivity contribution is 5.83. The van der Waals surface area contributed by atoms with E-state index < -0.39 is 28.0 Å². The number of anilines is 1. The van der Waals surface area contributed by atoms with Crippen LogP contribution in [-0.4, -0.2) is 16.2 Å². The second-order valence-electron chi connectivity index (χ2n) is 4.41. The van der Waals surface area contributed by atoms with E-state index in [4.69, 9.17) is 0 Å². The summed E-state index contributed by atoms with van der Waals surface area (Å²) < 4.78 is 38.9. The number of alkyl halides is 3. The zero-order valence-electron chi connectivity index (χ0n) is 11.4. The fraction of sp³-hybridized carbons (Fsp3) is 0.0714. The van der Waals surface area contributed by atoms with E-state index in [1.54, 1.807) is 12.1 Å². The Morgan fingerprint density at radius 3 is 2.52 bits per heavy atom. The van der Waals surface area contributed by atoms with Crippen molar-refractivity contribution in [3.63, 3.8) is 0 Å². The van der Waals surface area contributed by atoms with E-state index in [-0.39, 0.29) is 5.75 Å². The normalized spacial score (nSPS) is 11.6. The van der Waals surface area contributed by atoms with E-state index >= 15 is 0 Å². The van der Waals surface area contributed by atoms with Crippen molar-refractivity contribution in [2.24, 2.45) is 5.10 Å². The van der Waals surface area contributed by atoms with Gasteiger partial charge in [-0.3, -0.25) is 15.5 Å². The molecule has 23 heavy (non-hydrogen) atoms. The number of rotatable bonds is 4. The number of phenolic OH excluding ortho intramolecular Hbond substituents is 1. The van der Waals surface area contributed by atoms with E-state index in [0.29, 0.717) is 11.6 Å². The molecule has 0 amide bonds. The summed E-state index contributed by atoms with van der Waals surface area (Å²) in [6.45, 7) is 0. The average molecular weight is 325 g/mol. The third-order valence-electron chi connectivity index (χ3n) is 2.84. The highest BCUT2D eigenvalue weighted by Crippen LogP contribution is 2.37. The van der Waals surface area contributed by atoms with Crippen LogP contribution in [0.5, 0.6) is 5.75 Å². The quantitative estimate of drug-likeness (QED) is 0.509. The lowest BCUT2D eigenvalue weighted by Crippen LogP contribution is -2.09. The van der Waals surface area contributed by atoms with E-state index in [0.717, 1.165) is 18.3 Å². The van der Waals surface area contributed by atoms with Gasteiger partial charge in [0.25, 0.3) is 5.69 Å². The van der Waals surface area contributed by atoms with Gasteiger partial charge in [-0.05, 0) is 18.2 Å². The molecule has 2 N–H and O–H groups in total.